The summed E-state index contributed by atoms with van der Waals surface area (Å²) in [7, 11) is -2.95. The lowest BCUT2D eigenvalue weighted by molar-refractivity contribution is 0.128. The number of hydrogen-bond acceptors (Lipinski definition) is 6. The first-order valence-corrected chi connectivity index (χ1v) is 10.1. The monoisotopic (exact) mass is 367 g/mol. The zero-order valence-electron chi connectivity index (χ0n) is 14.3. The van der Waals surface area contributed by atoms with Gasteiger partial charge in [-0.25, -0.2) is 12.8 Å². The Morgan fingerprint density at radius 1 is 1.32 bits per heavy atom. The van der Waals surface area contributed by atoms with Crippen LogP contribution in [0.5, 0.6) is 0 Å². The molecule has 2 aromatic rings. The Morgan fingerprint density at radius 2 is 2.04 bits per heavy atom. The van der Waals surface area contributed by atoms with Crippen molar-refractivity contribution in [3.63, 3.8) is 0 Å². The molecule has 1 saturated heterocycles. The summed E-state index contributed by atoms with van der Waals surface area (Å²) >= 11 is 0. The lowest BCUT2D eigenvalue weighted by atomic mass is 10.1. The van der Waals surface area contributed by atoms with E-state index in [9.17, 15) is 12.8 Å². The molecule has 1 aliphatic rings. The fraction of sp³-hybridized carbons (Fsp3) is 0.562. The summed E-state index contributed by atoms with van der Waals surface area (Å²) < 4.78 is 36.6. The Kier molecular flexibility index (Phi) is 5.14. The van der Waals surface area contributed by atoms with Crippen LogP contribution in [0.1, 0.15) is 20.3 Å². The smallest absolute Gasteiger partial charge is 0.204 e. The average Bonchev–Trinajstić information content (AvgIpc) is 3.13. The van der Waals surface area contributed by atoms with E-state index in [2.05, 4.69) is 34.2 Å². The fourth-order valence-electron chi connectivity index (χ4n) is 3.03. The van der Waals surface area contributed by atoms with E-state index in [4.69, 9.17) is 0 Å². The third-order valence-electron chi connectivity index (χ3n) is 4.19. The Morgan fingerprint density at radius 3 is 2.64 bits per heavy atom. The molecule has 1 aromatic carbocycles. The third kappa shape index (κ3) is 4.60. The maximum Gasteiger partial charge on any atom is 0.204 e. The third-order valence-corrected chi connectivity index (χ3v) is 5.94. The van der Waals surface area contributed by atoms with Gasteiger partial charge in [-0.05, 0) is 41.8 Å². The summed E-state index contributed by atoms with van der Waals surface area (Å²) in [6, 6.07) is 5.89. The lowest BCUT2D eigenvalue weighted by Gasteiger charge is -2.28. The standard InChI is InChI=1S/C16H22FN5O2S/c1-12(2)9-21(15-7-8-25(23,24)10-15)11-22-19-16(18-20-22)13-3-5-14(17)6-4-13/h3-6,12,15H,7-11H2,1-2H3. The molecule has 1 atom stereocenters. The highest BCUT2D eigenvalue weighted by molar-refractivity contribution is 7.91. The summed E-state index contributed by atoms with van der Waals surface area (Å²) in [6.07, 6.45) is 0.634. The molecular formula is C16H22FN5O2S. The highest BCUT2D eigenvalue weighted by atomic mass is 32.2. The molecule has 0 amide bonds. The molecule has 0 N–H and O–H groups in total. The first kappa shape index (κ1) is 17.9. The van der Waals surface area contributed by atoms with Gasteiger partial charge in [0.05, 0.1) is 11.5 Å². The van der Waals surface area contributed by atoms with Crippen molar-refractivity contribution in [1.29, 1.82) is 0 Å². The van der Waals surface area contributed by atoms with Crippen LogP contribution in [0, 0.1) is 11.7 Å². The summed E-state index contributed by atoms with van der Waals surface area (Å²) in [5.74, 6) is 0.908. The number of hydrogen-bond donors (Lipinski definition) is 0. The molecule has 1 aliphatic heterocycles. The molecule has 1 fully saturated rings. The summed E-state index contributed by atoms with van der Waals surface area (Å²) in [6.45, 7) is 5.32. The predicted molar refractivity (Wildman–Crippen MR) is 91.8 cm³/mol. The SMILES string of the molecule is CC(C)CN(Cn1nnc(-c2ccc(F)cc2)n1)C1CCS(=O)(=O)C1. The van der Waals surface area contributed by atoms with Gasteiger partial charge < -0.3 is 0 Å². The minimum absolute atomic E-state index is 0.0207. The van der Waals surface area contributed by atoms with Gasteiger partial charge in [-0.15, -0.1) is 15.0 Å². The molecule has 2 heterocycles. The van der Waals surface area contributed by atoms with Crippen molar-refractivity contribution >= 4 is 9.84 Å². The molecular weight excluding hydrogens is 345 g/mol. The molecule has 9 heteroatoms. The number of nitrogens with zero attached hydrogens (tertiary/aromatic N) is 5. The molecule has 0 saturated carbocycles. The van der Waals surface area contributed by atoms with Crippen LogP contribution >= 0.6 is 0 Å². The normalized spacial score (nSPS) is 19.8. The molecule has 1 unspecified atom stereocenters. The number of sulfone groups is 1. The fourth-order valence-corrected chi connectivity index (χ4v) is 4.80. The van der Waals surface area contributed by atoms with Crippen molar-refractivity contribution < 1.29 is 12.8 Å². The van der Waals surface area contributed by atoms with Gasteiger partial charge in [0.2, 0.25) is 5.82 Å². The average molecular weight is 367 g/mol. The predicted octanol–water partition coefficient (Wildman–Crippen LogP) is 1.58. The minimum atomic E-state index is -2.95. The number of aromatic nitrogens is 4. The van der Waals surface area contributed by atoms with E-state index in [0.717, 1.165) is 6.54 Å². The van der Waals surface area contributed by atoms with Crippen molar-refractivity contribution in [3.05, 3.63) is 30.1 Å². The summed E-state index contributed by atoms with van der Waals surface area (Å²) in [5, 5.41) is 12.4. The van der Waals surface area contributed by atoms with Gasteiger partial charge in [-0.3, -0.25) is 4.90 Å². The highest BCUT2D eigenvalue weighted by Crippen LogP contribution is 2.20. The maximum atomic E-state index is 13.0. The van der Waals surface area contributed by atoms with Crippen molar-refractivity contribution in [3.8, 4) is 11.4 Å². The summed E-state index contributed by atoms with van der Waals surface area (Å²) in [4.78, 5) is 3.57. The van der Waals surface area contributed by atoms with E-state index in [1.165, 1.54) is 16.9 Å². The van der Waals surface area contributed by atoms with Gasteiger partial charge >= 0.3 is 0 Å². The van der Waals surface area contributed by atoms with Gasteiger partial charge in [-0.2, -0.15) is 0 Å². The molecule has 0 aliphatic carbocycles. The van der Waals surface area contributed by atoms with Crippen molar-refractivity contribution in [2.75, 3.05) is 18.1 Å². The van der Waals surface area contributed by atoms with Gasteiger partial charge in [0, 0.05) is 18.2 Å². The van der Waals surface area contributed by atoms with Crippen LogP contribution in [-0.4, -0.2) is 57.6 Å². The second kappa shape index (κ2) is 7.17. The Hall–Kier alpha value is -1.87. The van der Waals surface area contributed by atoms with Crippen LogP contribution in [0.25, 0.3) is 11.4 Å². The van der Waals surface area contributed by atoms with Crippen LogP contribution in [0.4, 0.5) is 4.39 Å². The van der Waals surface area contributed by atoms with Gasteiger partial charge in [0.1, 0.15) is 12.5 Å². The van der Waals surface area contributed by atoms with Gasteiger partial charge in [0.15, 0.2) is 9.84 Å². The lowest BCUT2D eigenvalue weighted by Crippen LogP contribution is -2.40. The van der Waals surface area contributed by atoms with Crippen molar-refractivity contribution in [2.24, 2.45) is 5.92 Å². The number of tetrazole rings is 1. The zero-order valence-corrected chi connectivity index (χ0v) is 15.2. The van der Waals surface area contributed by atoms with E-state index >= 15 is 0 Å². The van der Waals surface area contributed by atoms with Crippen LogP contribution in [-0.2, 0) is 16.5 Å². The number of halogens is 1. The molecule has 1 aromatic heterocycles. The zero-order chi connectivity index (χ0) is 18.0. The summed E-state index contributed by atoms with van der Waals surface area (Å²) in [5.41, 5.74) is 0.687. The largest absolute Gasteiger partial charge is 0.279 e. The van der Waals surface area contributed by atoms with Gasteiger partial charge in [-0.1, -0.05) is 13.8 Å². The number of rotatable bonds is 6. The molecule has 136 valence electrons. The van der Waals surface area contributed by atoms with Crippen LogP contribution < -0.4 is 0 Å². The quantitative estimate of drug-likeness (QED) is 0.771. The molecule has 0 radical (unpaired) electrons. The second-order valence-corrected chi connectivity index (χ2v) is 9.08. The first-order valence-electron chi connectivity index (χ1n) is 8.30. The van der Waals surface area contributed by atoms with E-state index in [-0.39, 0.29) is 23.4 Å². The van der Waals surface area contributed by atoms with E-state index < -0.39 is 9.84 Å². The van der Waals surface area contributed by atoms with Gasteiger partial charge in [0.25, 0.3) is 0 Å². The molecule has 3 rings (SSSR count). The van der Waals surface area contributed by atoms with Crippen molar-refractivity contribution in [2.45, 2.75) is 33.0 Å². The number of benzene rings is 1. The maximum absolute atomic E-state index is 13.0. The molecule has 25 heavy (non-hydrogen) atoms. The van der Waals surface area contributed by atoms with Crippen molar-refractivity contribution in [1.82, 2.24) is 25.1 Å². The van der Waals surface area contributed by atoms with Crippen LogP contribution in [0.3, 0.4) is 0 Å². The second-order valence-electron chi connectivity index (χ2n) is 6.86. The minimum Gasteiger partial charge on any atom is -0.279 e. The topological polar surface area (TPSA) is 81.0 Å². The first-order chi connectivity index (χ1) is 11.8. The van der Waals surface area contributed by atoms with Crippen LogP contribution in [0.15, 0.2) is 24.3 Å². The molecule has 0 bridgehead atoms. The Balaban J connectivity index is 1.75. The molecule has 0 spiro atoms. The highest BCUT2D eigenvalue weighted by Gasteiger charge is 2.32. The van der Waals surface area contributed by atoms with E-state index in [1.54, 1.807) is 12.1 Å². The Bertz CT molecular complexity index is 819. The van der Waals surface area contributed by atoms with E-state index in [1.807, 2.05) is 0 Å². The van der Waals surface area contributed by atoms with Crippen LogP contribution in [0.2, 0.25) is 0 Å². The molecule has 7 nitrogen and oxygen atoms in total. The van der Waals surface area contributed by atoms with E-state index in [0.29, 0.717) is 30.4 Å². The Labute approximate surface area is 146 Å².